The highest BCUT2D eigenvalue weighted by atomic mass is 16.5. The number of anilines is 1. The van der Waals surface area contributed by atoms with Gasteiger partial charge in [-0.1, -0.05) is 37.3 Å². The summed E-state index contributed by atoms with van der Waals surface area (Å²) in [5, 5.41) is 3.35. The van der Waals surface area contributed by atoms with E-state index in [1.165, 1.54) is 11.6 Å². The summed E-state index contributed by atoms with van der Waals surface area (Å²) in [4.78, 5) is 21.2. The molecule has 1 aromatic carbocycles. The van der Waals surface area contributed by atoms with E-state index in [2.05, 4.69) is 51.4 Å². The zero-order chi connectivity index (χ0) is 17.6. The number of aromatic amines is 1. The van der Waals surface area contributed by atoms with E-state index in [1.54, 1.807) is 0 Å². The van der Waals surface area contributed by atoms with Crippen LogP contribution in [0.5, 0.6) is 0 Å². The summed E-state index contributed by atoms with van der Waals surface area (Å²) in [5.74, 6) is 0.514. The van der Waals surface area contributed by atoms with E-state index in [1.807, 2.05) is 13.0 Å². The Bertz CT molecular complexity index is 732. The minimum atomic E-state index is -0.139. The molecule has 134 valence electrons. The van der Waals surface area contributed by atoms with Gasteiger partial charge in [-0.3, -0.25) is 14.7 Å². The molecule has 1 aromatic heterocycles. The van der Waals surface area contributed by atoms with Gasteiger partial charge in [0.15, 0.2) is 0 Å². The molecule has 2 N–H and O–H groups in total. The molecule has 0 radical (unpaired) electrons. The molecule has 0 amide bonds. The number of H-pyrrole nitrogens is 1. The van der Waals surface area contributed by atoms with Crippen molar-refractivity contribution in [2.24, 2.45) is 0 Å². The summed E-state index contributed by atoms with van der Waals surface area (Å²) in [5.41, 5.74) is 1.88. The quantitative estimate of drug-likeness (QED) is 0.842. The predicted octanol–water partition coefficient (Wildman–Crippen LogP) is 2.17. The molecule has 1 fully saturated rings. The Balaban J connectivity index is 1.64. The normalized spacial score (nSPS) is 19.5. The maximum Gasteiger partial charge on any atom is 0.252 e. The Kier molecular flexibility index (Phi) is 5.83. The molecule has 6 nitrogen and oxygen atoms in total. The molecular formula is C19H26N4O2. The van der Waals surface area contributed by atoms with Crippen LogP contribution >= 0.6 is 0 Å². The second kappa shape index (κ2) is 8.27. The van der Waals surface area contributed by atoms with E-state index >= 15 is 0 Å². The molecule has 1 aliphatic heterocycles. The maximum atomic E-state index is 11.6. The van der Waals surface area contributed by atoms with Crippen LogP contribution in [-0.4, -0.2) is 46.7 Å². The number of hydrogen-bond acceptors (Lipinski definition) is 5. The van der Waals surface area contributed by atoms with Gasteiger partial charge < -0.3 is 10.1 Å². The summed E-state index contributed by atoms with van der Waals surface area (Å²) in [7, 11) is 0. The first-order valence-corrected chi connectivity index (χ1v) is 8.86. The number of nitrogens with zero attached hydrogens (tertiary/aromatic N) is 2. The van der Waals surface area contributed by atoms with E-state index in [-0.39, 0.29) is 17.7 Å². The molecule has 3 rings (SSSR count). The van der Waals surface area contributed by atoms with Crippen molar-refractivity contribution in [3.8, 4) is 0 Å². The van der Waals surface area contributed by atoms with E-state index in [0.717, 1.165) is 26.1 Å². The Morgan fingerprint density at radius 2 is 2.20 bits per heavy atom. The maximum absolute atomic E-state index is 11.6. The number of hydrogen-bond donors (Lipinski definition) is 2. The third-order valence-corrected chi connectivity index (χ3v) is 4.51. The number of morpholine rings is 1. The molecule has 0 spiro atoms. The van der Waals surface area contributed by atoms with Crippen molar-refractivity contribution >= 4 is 5.95 Å². The molecule has 25 heavy (non-hydrogen) atoms. The van der Waals surface area contributed by atoms with Gasteiger partial charge in [0.2, 0.25) is 5.95 Å². The van der Waals surface area contributed by atoms with Crippen molar-refractivity contribution in [2.45, 2.75) is 39.0 Å². The Morgan fingerprint density at radius 1 is 1.40 bits per heavy atom. The van der Waals surface area contributed by atoms with Gasteiger partial charge in [0.25, 0.3) is 5.56 Å². The third kappa shape index (κ3) is 4.90. The van der Waals surface area contributed by atoms with Gasteiger partial charge in [-0.25, -0.2) is 4.98 Å². The van der Waals surface area contributed by atoms with Crippen LogP contribution < -0.4 is 10.9 Å². The van der Waals surface area contributed by atoms with Gasteiger partial charge in [-0.05, 0) is 18.9 Å². The molecule has 2 unspecified atom stereocenters. The molecule has 1 aliphatic rings. The predicted molar refractivity (Wildman–Crippen MR) is 98.8 cm³/mol. The first-order chi connectivity index (χ1) is 12.1. The van der Waals surface area contributed by atoms with Crippen LogP contribution in [0.3, 0.4) is 0 Å². The molecule has 1 saturated heterocycles. The molecule has 6 heteroatoms. The fourth-order valence-electron chi connectivity index (χ4n) is 3.24. The average Bonchev–Trinajstić information content (AvgIpc) is 2.60. The zero-order valence-electron chi connectivity index (χ0n) is 14.9. The minimum absolute atomic E-state index is 0.0632. The number of nitrogens with one attached hydrogen (secondary N) is 2. The highest BCUT2D eigenvalue weighted by Crippen LogP contribution is 2.16. The van der Waals surface area contributed by atoms with Crippen molar-refractivity contribution in [1.82, 2.24) is 14.9 Å². The molecule has 2 heterocycles. The van der Waals surface area contributed by atoms with Crippen molar-refractivity contribution in [1.29, 1.82) is 0 Å². The van der Waals surface area contributed by atoms with Gasteiger partial charge in [0.1, 0.15) is 0 Å². The first-order valence-electron chi connectivity index (χ1n) is 8.86. The van der Waals surface area contributed by atoms with E-state index in [0.29, 0.717) is 18.2 Å². The van der Waals surface area contributed by atoms with Crippen LogP contribution in [-0.2, 0) is 11.3 Å². The van der Waals surface area contributed by atoms with E-state index < -0.39 is 0 Å². The highest BCUT2D eigenvalue weighted by molar-refractivity contribution is 5.27. The van der Waals surface area contributed by atoms with E-state index in [4.69, 9.17) is 4.74 Å². The largest absolute Gasteiger partial charge is 0.373 e. The summed E-state index contributed by atoms with van der Waals surface area (Å²) in [6, 6.07) is 12.1. The lowest BCUT2D eigenvalue weighted by Gasteiger charge is -2.37. The highest BCUT2D eigenvalue weighted by Gasteiger charge is 2.27. The van der Waals surface area contributed by atoms with Gasteiger partial charge in [-0.15, -0.1) is 0 Å². The SMILES string of the molecule is CCC(Nc1nc(C)cc(=O)[nH]1)C1CN(Cc2ccccc2)CCO1. The van der Waals surface area contributed by atoms with E-state index in [9.17, 15) is 4.79 Å². The molecular weight excluding hydrogens is 316 g/mol. The smallest absolute Gasteiger partial charge is 0.252 e. The topological polar surface area (TPSA) is 70.2 Å². The van der Waals surface area contributed by atoms with Crippen molar-refractivity contribution in [3.63, 3.8) is 0 Å². The van der Waals surface area contributed by atoms with Crippen LogP contribution in [0.15, 0.2) is 41.2 Å². The van der Waals surface area contributed by atoms with Crippen LogP contribution in [0.2, 0.25) is 0 Å². The second-order valence-corrected chi connectivity index (χ2v) is 6.52. The Morgan fingerprint density at radius 3 is 2.92 bits per heavy atom. The molecule has 0 saturated carbocycles. The number of aromatic nitrogens is 2. The lowest BCUT2D eigenvalue weighted by Crippen LogP contribution is -2.49. The zero-order valence-corrected chi connectivity index (χ0v) is 14.9. The third-order valence-electron chi connectivity index (χ3n) is 4.51. The summed E-state index contributed by atoms with van der Waals surface area (Å²) >= 11 is 0. The van der Waals surface area contributed by atoms with Crippen LogP contribution in [0.4, 0.5) is 5.95 Å². The van der Waals surface area contributed by atoms with Crippen molar-refractivity contribution < 1.29 is 4.74 Å². The van der Waals surface area contributed by atoms with Gasteiger partial charge >= 0.3 is 0 Å². The number of aryl methyl sites for hydroxylation is 1. The fraction of sp³-hybridized carbons (Fsp3) is 0.474. The number of benzene rings is 1. The number of ether oxygens (including phenoxy) is 1. The second-order valence-electron chi connectivity index (χ2n) is 6.52. The van der Waals surface area contributed by atoms with Gasteiger partial charge in [-0.2, -0.15) is 0 Å². The molecule has 0 aliphatic carbocycles. The molecule has 0 bridgehead atoms. The lowest BCUT2D eigenvalue weighted by atomic mass is 10.1. The summed E-state index contributed by atoms with van der Waals surface area (Å²) in [6.45, 7) is 7.37. The summed E-state index contributed by atoms with van der Waals surface area (Å²) in [6.07, 6.45) is 0.954. The average molecular weight is 342 g/mol. The summed E-state index contributed by atoms with van der Waals surface area (Å²) < 4.78 is 6.01. The molecule has 2 atom stereocenters. The van der Waals surface area contributed by atoms with Crippen LogP contribution in [0.25, 0.3) is 0 Å². The standard InChI is InChI=1S/C19H26N4O2/c1-3-16(21-19-20-14(2)11-18(24)22-19)17-13-23(9-10-25-17)12-15-7-5-4-6-8-15/h4-8,11,16-17H,3,9-10,12-13H2,1-2H3,(H2,20,21,22,24). The van der Waals surface area contributed by atoms with Crippen LogP contribution in [0.1, 0.15) is 24.6 Å². The monoisotopic (exact) mass is 342 g/mol. The van der Waals surface area contributed by atoms with Gasteiger partial charge in [0.05, 0.1) is 18.8 Å². The lowest BCUT2D eigenvalue weighted by molar-refractivity contribution is -0.0403. The van der Waals surface area contributed by atoms with Crippen LogP contribution in [0, 0.1) is 6.92 Å². The first kappa shape index (κ1) is 17.6. The van der Waals surface area contributed by atoms with Gasteiger partial charge in [0, 0.05) is 31.4 Å². The Labute approximate surface area is 148 Å². The van der Waals surface area contributed by atoms with Crippen molar-refractivity contribution in [2.75, 3.05) is 25.0 Å². The fourth-order valence-corrected chi connectivity index (χ4v) is 3.24. The minimum Gasteiger partial charge on any atom is -0.373 e. The van der Waals surface area contributed by atoms with Crippen molar-refractivity contribution in [3.05, 3.63) is 58.0 Å². The number of rotatable bonds is 6. The Hall–Kier alpha value is -2.18. The molecule has 2 aromatic rings.